The lowest BCUT2D eigenvalue weighted by molar-refractivity contribution is -0.105. The fraction of sp³-hybridized carbons (Fsp3) is 0.577. The normalized spacial score (nSPS) is 27.8. The van der Waals surface area contributed by atoms with Crippen molar-refractivity contribution in [3.05, 3.63) is 50.9 Å². The number of nitrogens with zero attached hydrogens (tertiary/aromatic N) is 3. The highest BCUT2D eigenvalue weighted by molar-refractivity contribution is 9.10. The zero-order valence-corrected chi connectivity index (χ0v) is 21.3. The maximum Gasteiger partial charge on any atom is 0.283 e. The number of halogens is 1. The molecule has 3 saturated carbocycles. The predicted octanol–water partition coefficient (Wildman–Crippen LogP) is 4.97. The van der Waals surface area contributed by atoms with Crippen LogP contribution in [0.25, 0.3) is 0 Å². The topological polar surface area (TPSA) is 67.2 Å². The van der Waals surface area contributed by atoms with Crippen molar-refractivity contribution in [1.82, 2.24) is 9.78 Å². The van der Waals surface area contributed by atoms with Gasteiger partial charge in [-0.3, -0.25) is 9.59 Å². The molecule has 1 aliphatic heterocycles. The smallest absolute Gasteiger partial charge is 0.283 e. The molecule has 176 valence electrons. The molecule has 6 rings (SSSR count). The Morgan fingerprint density at radius 2 is 1.88 bits per heavy atom. The first-order valence-electron chi connectivity index (χ1n) is 12.2. The summed E-state index contributed by atoms with van der Waals surface area (Å²) in [4.78, 5) is 28.1. The minimum absolute atomic E-state index is 0.0705. The molecule has 2 heterocycles. The van der Waals surface area contributed by atoms with E-state index in [9.17, 15) is 9.59 Å². The first kappa shape index (κ1) is 22.6. The summed E-state index contributed by atoms with van der Waals surface area (Å²) in [5.74, 6) is 1.88. The quantitative estimate of drug-likeness (QED) is 0.553. The summed E-state index contributed by atoms with van der Waals surface area (Å²) in [6, 6.07) is 8.03. The molecule has 3 aliphatic carbocycles. The van der Waals surface area contributed by atoms with Gasteiger partial charge in [0.25, 0.3) is 5.56 Å². The molecule has 1 aromatic carbocycles. The Balaban J connectivity index is 1.26. The summed E-state index contributed by atoms with van der Waals surface area (Å²) < 4.78 is 1.69. The molecule has 7 heteroatoms. The molecule has 1 N–H and O–H groups in total. The highest BCUT2D eigenvalue weighted by atomic mass is 79.9. The summed E-state index contributed by atoms with van der Waals surface area (Å²) in [6.45, 7) is 9.15. The van der Waals surface area contributed by atoms with Gasteiger partial charge in [0, 0.05) is 30.4 Å². The number of fused-ring (bicyclic) bond motifs is 2. The van der Waals surface area contributed by atoms with E-state index in [0.29, 0.717) is 27.4 Å². The highest BCUT2D eigenvalue weighted by Crippen LogP contribution is 2.61. The Morgan fingerprint density at radius 1 is 1.18 bits per heavy atom. The Kier molecular flexibility index (Phi) is 5.88. The van der Waals surface area contributed by atoms with E-state index >= 15 is 0 Å². The largest absolute Gasteiger partial charge is 0.380 e. The fourth-order valence-corrected chi connectivity index (χ4v) is 6.70. The number of ketones is 1. The van der Waals surface area contributed by atoms with Gasteiger partial charge in [0.2, 0.25) is 0 Å². The van der Waals surface area contributed by atoms with E-state index in [4.69, 9.17) is 0 Å². The van der Waals surface area contributed by atoms with Crippen molar-refractivity contribution in [2.45, 2.75) is 59.0 Å². The van der Waals surface area contributed by atoms with Crippen LogP contribution in [0.1, 0.15) is 56.8 Å². The van der Waals surface area contributed by atoms with Gasteiger partial charge in [-0.15, -0.1) is 0 Å². The van der Waals surface area contributed by atoms with Gasteiger partial charge >= 0.3 is 0 Å². The van der Waals surface area contributed by atoms with Crippen LogP contribution in [0.5, 0.6) is 0 Å². The lowest BCUT2D eigenvalue weighted by atomic mass is 9.45. The molecule has 4 aliphatic rings. The summed E-state index contributed by atoms with van der Waals surface area (Å²) in [7, 11) is 0. The van der Waals surface area contributed by atoms with E-state index in [-0.39, 0.29) is 17.9 Å². The zero-order chi connectivity index (χ0) is 23.3. The van der Waals surface area contributed by atoms with Crippen LogP contribution in [0.2, 0.25) is 0 Å². The van der Waals surface area contributed by atoms with Gasteiger partial charge in [0.1, 0.15) is 11.0 Å². The van der Waals surface area contributed by atoms with Crippen molar-refractivity contribution in [1.29, 1.82) is 0 Å². The Morgan fingerprint density at radius 3 is 2.52 bits per heavy atom. The van der Waals surface area contributed by atoms with Crippen molar-refractivity contribution in [2.75, 3.05) is 23.3 Å². The maximum atomic E-state index is 12.9. The number of hydrogen-bond acceptors (Lipinski definition) is 5. The van der Waals surface area contributed by atoms with Gasteiger partial charge in [0.05, 0.1) is 11.9 Å². The summed E-state index contributed by atoms with van der Waals surface area (Å²) >= 11 is 3.47. The molecule has 2 aromatic rings. The lowest BCUT2D eigenvalue weighted by Gasteiger charge is -2.62. The summed E-state index contributed by atoms with van der Waals surface area (Å²) in [5, 5.41) is 7.89. The molecule has 33 heavy (non-hydrogen) atoms. The molecular weight excluding hydrogens is 480 g/mol. The third kappa shape index (κ3) is 4.02. The van der Waals surface area contributed by atoms with Crippen LogP contribution >= 0.6 is 15.9 Å². The standard InChI is InChI=1S/C26H33BrN4O2/c1-16-20-12-18(26(20,2)3)13-21(16)29-22-14-28-31(25(33)24(22)27)15-23(32)17-6-8-19(9-7-17)30-10-4-5-11-30/h6-9,14,16,18,20-21,29H,4-5,10-13,15H2,1-3H3/t16-,18-,20+,21-/m1/s1. The molecule has 0 radical (unpaired) electrons. The van der Waals surface area contributed by atoms with Crippen LogP contribution in [-0.4, -0.2) is 34.7 Å². The molecule has 1 aromatic heterocycles. The van der Waals surface area contributed by atoms with Gasteiger partial charge in [-0.25, -0.2) is 4.68 Å². The molecule has 4 atom stereocenters. The third-order valence-corrected chi connectivity index (χ3v) is 9.40. The molecule has 0 unspecified atom stereocenters. The molecule has 2 bridgehead atoms. The Hall–Kier alpha value is -2.15. The van der Waals surface area contributed by atoms with E-state index in [1.165, 1.54) is 23.9 Å². The number of hydrogen-bond donors (Lipinski definition) is 1. The second kappa shape index (κ2) is 8.57. The first-order valence-corrected chi connectivity index (χ1v) is 13.0. The number of carbonyl (C=O) groups excluding carboxylic acids is 1. The van der Waals surface area contributed by atoms with E-state index in [2.05, 4.69) is 52.0 Å². The SMILES string of the molecule is C[C@H]1[C@H](Nc2cnn(CC(=O)c3ccc(N4CCCC4)cc3)c(=O)c2Br)C[C@H]2C[C@@H]1C2(C)C. The van der Waals surface area contributed by atoms with E-state index in [1.807, 2.05) is 24.3 Å². The van der Waals surface area contributed by atoms with Crippen LogP contribution in [0.4, 0.5) is 11.4 Å². The van der Waals surface area contributed by atoms with Gasteiger partial charge in [0.15, 0.2) is 5.78 Å². The number of nitrogens with one attached hydrogen (secondary N) is 1. The maximum absolute atomic E-state index is 12.9. The molecule has 4 fully saturated rings. The lowest BCUT2D eigenvalue weighted by Crippen LogP contribution is -2.58. The second-order valence-electron chi connectivity index (χ2n) is 10.7. The van der Waals surface area contributed by atoms with Crippen molar-refractivity contribution in [3.8, 4) is 0 Å². The van der Waals surface area contributed by atoms with Crippen LogP contribution in [-0.2, 0) is 6.54 Å². The Labute approximate surface area is 203 Å². The van der Waals surface area contributed by atoms with E-state index < -0.39 is 0 Å². The van der Waals surface area contributed by atoms with Crippen LogP contribution < -0.4 is 15.8 Å². The van der Waals surface area contributed by atoms with Crippen LogP contribution in [0.15, 0.2) is 39.7 Å². The second-order valence-corrected chi connectivity index (χ2v) is 11.5. The number of aromatic nitrogens is 2. The van der Waals surface area contributed by atoms with Crippen molar-refractivity contribution < 1.29 is 4.79 Å². The number of carbonyl (C=O) groups is 1. The van der Waals surface area contributed by atoms with Gasteiger partial charge in [-0.2, -0.15) is 5.10 Å². The Bertz CT molecular complexity index is 1100. The van der Waals surface area contributed by atoms with Crippen molar-refractivity contribution >= 4 is 33.1 Å². The van der Waals surface area contributed by atoms with E-state index in [0.717, 1.165) is 42.7 Å². The third-order valence-electron chi connectivity index (χ3n) is 8.63. The number of benzene rings is 1. The van der Waals surface area contributed by atoms with Gasteiger partial charge < -0.3 is 10.2 Å². The number of Topliss-reactive ketones (excluding diaryl/α,β-unsaturated/α-hetero) is 1. The predicted molar refractivity (Wildman–Crippen MR) is 135 cm³/mol. The summed E-state index contributed by atoms with van der Waals surface area (Å²) in [6.07, 6.45) is 6.54. The van der Waals surface area contributed by atoms with Gasteiger partial charge in [-0.05, 0) is 89.0 Å². The zero-order valence-electron chi connectivity index (χ0n) is 19.7. The van der Waals surface area contributed by atoms with Gasteiger partial charge in [-0.1, -0.05) is 20.8 Å². The molecule has 1 saturated heterocycles. The number of anilines is 2. The molecule has 6 nitrogen and oxygen atoms in total. The first-order chi connectivity index (χ1) is 15.8. The minimum Gasteiger partial charge on any atom is -0.380 e. The average Bonchev–Trinajstić information content (AvgIpc) is 3.34. The monoisotopic (exact) mass is 512 g/mol. The molecule has 0 spiro atoms. The minimum atomic E-state index is -0.281. The highest BCUT2D eigenvalue weighted by Gasteiger charge is 2.56. The fourth-order valence-electron chi connectivity index (χ4n) is 6.28. The number of rotatable bonds is 6. The average molecular weight is 513 g/mol. The van der Waals surface area contributed by atoms with Crippen LogP contribution in [0.3, 0.4) is 0 Å². The van der Waals surface area contributed by atoms with Crippen LogP contribution in [0, 0.1) is 23.2 Å². The molecular formula is C26H33BrN4O2. The van der Waals surface area contributed by atoms with Crippen molar-refractivity contribution in [3.63, 3.8) is 0 Å². The van der Waals surface area contributed by atoms with E-state index in [1.54, 1.807) is 6.20 Å². The van der Waals surface area contributed by atoms with Crippen molar-refractivity contribution in [2.24, 2.45) is 23.2 Å². The summed E-state index contributed by atoms with van der Waals surface area (Å²) in [5.41, 5.74) is 2.60. The molecule has 0 amide bonds.